The van der Waals surface area contributed by atoms with E-state index in [1.54, 1.807) is 25.7 Å². The Morgan fingerprint density at radius 1 is 1.10 bits per heavy atom. The normalized spacial score (nSPS) is 14.6. The number of carbonyl (C=O) groups is 3. The lowest BCUT2D eigenvalue weighted by Crippen LogP contribution is -2.42. The van der Waals surface area contributed by atoms with Crippen molar-refractivity contribution < 1.29 is 45.8 Å². The van der Waals surface area contributed by atoms with E-state index in [4.69, 9.17) is 4.74 Å². The van der Waals surface area contributed by atoms with Gasteiger partial charge in [-0.3, -0.25) is 14.4 Å². The van der Waals surface area contributed by atoms with Crippen LogP contribution in [0.5, 0.6) is 5.75 Å². The monoisotopic (exact) mass is 711 g/mol. The summed E-state index contributed by atoms with van der Waals surface area (Å²) in [5.41, 5.74) is -1.80. The minimum atomic E-state index is -4.86. The number of carbonyl (C=O) groups excluding carboxylic acids is 3. The molecule has 3 aromatic rings. The molecule has 1 saturated heterocycles. The number of likely N-dealkylation sites (tertiary alicyclic amines) is 1. The van der Waals surface area contributed by atoms with Crippen LogP contribution in [0.2, 0.25) is 0 Å². The first-order valence-electron chi connectivity index (χ1n) is 15.8. The summed E-state index contributed by atoms with van der Waals surface area (Å²) >= 11 is 0. The zero-order valence-corrected chi connectivity index (χ0v) is 27.6. The van der Waals surface area contributed by atoms with Gasteiger partial charge in [-0.2, -0.15) is 4.39 Å². The average Bonchev–Trinajstić information content (AvgIpc) is 3.49. The van der Waals surface area contributed by atoms with E-state index in [1.807, 2.05) is 0 Å². The minimum absolute atomic E-state index is 0.0398. The van der Waals surface area contributed by atoms with Crippen molar-refractivity contribution in [2.24, 2.45) is 5.92 Å². The van der Waals surface area contributed by atoms with Crippen molar-refractivity contribution in [2.45, 2.75) is 84.2 Å². The molecule has 50 heavy (non-hydrogen) atoms. The molecule has 0 bridgehead atoms. The second kappa shape index (κ2) is 16.1. The molecule has 0 saturated carbocycles. The summed E-state index contributed by atoms with van der Waals surface area (Å²) in [6.07, 6.45) is -3.44. The van der Waals surface area contributed by atoms with Gasteiger partial charge in [-0.1, -0.05) is 17.3 Å². The minimum Gasteiger partial charge on any atom is -0.444 e. The fourth-order valence-corrected chi connectivity index (χ4v) is 5.12. The highest BCUT2D eigenvalue weighted by molar-refractivity contribution is 5.92. The number of piperidine rings is 1. The number of rotatable bonds is 12. The van der Waals surface area contributed by atoms with Crippen molar-refractivity contribution in [1.29, 1.82) is 0 Å². The van der Waals surface area contributed by atoms with Crippen LogP contribution in [0.4, 0.5) is 32.4 Å². The van der Waals surface area contributed by atoms with Gasteiger partial charge >= 0.3 is 12.5 Å². The van der Waals surface area contributed by atoms with Gasteiger partial charge in [-0.25, -0.2) is 13.9 Å². The molecule has 2 aromatic heterocycles. The fourth-order valence-electron chi connectivity index (χ4n) is 5.12. The third-order valence-electron chi connectivity index (χ3n) is 7.55. The van der Waals surface area contributed by atoms with Gasteiger partial charge in [0.15, 0.2) is 5.69 Å². The van der Waals surface area contributed by atoms with Crippen LogP contribution in [-0.4, -0.2) is 73.6 Å². The summed E-state index contributed by atoms with van der Waals surface area (Å²) in [5.74, 6) is -2.86. The quantitative estimate of drug-likeness (QED) is 0.254. The lowest BCUT2D eigenvalue weighted by atomic mass is 9.93. The Hall–Kier alpha value is -5.03. The number of hydrogen-bond acceptors (Lipinski definition) is 8. The van der Waals surface area contributed by atoms with Gasteiger partial charge in [0.05, 0.1) is 18.4 Å². The van der Waals surface area contributed by atoms with Gasteiger partial charge in [-0.15, -0.1) is 18.3 Å². The molecule has 1 aliphatic heterocycles. The Morgan fingerprint density at radius 2 is 1.82 bits per heavy atom. The number of alkyl halides is 4. The smallest absolute Gasteiger partial charge is 0.444 e. The third kappa shape index (κ3) is 11.5. The predicted molar refractivity (Wildman–Crippen MR) is 168 cm³/mol. The van der Waals surface area contributed by atoms with E-state index in [9.17, 15) is 41.1 Å². The Labute approximate surface area is 283 Å². The highest BCUT2D eigenvalue weighted by Crippen LogP contribution is 2.24. The Balaban J connectivity index is 1.21. The van der Waals surface area contributed by atoms with Crippen LogP contribution in [0.15, 0.2) is 47.5 Å². The van der Waals surface area contributed by atoms with Crippen molar-refractivity contribution in [3.05, 3.63) is 70.2 Å². The number of nitrogens with zero attached hydrogens (tertiary/aromatic N) is 5. The number of aromatic nitrogens is 4. The number of benzene rings is 1. The van der Waals surface area contributed by atoms with Crippen molar-refractivity contribution in [1.82, 2.24) is 29.8 Å². The molecule has 13 nitrogen and oxygen atoms in total. The molecule has 1 fully saturated rings. The molecule has 3 heterocycles. The maximum Gasteiger partial charge on any atom is 0.573 e. The van der Waals surface area contributed by atoms with E-state index < -0.39 is 53.2 Å². The third-order valence-corrected chi connectivity index (χ3v) is 7.55. The summed E-state index contributed by atoms with van der Waals surface area (Å²) in [4.78, 5) is 51.4. The van der Waals surface area contributed by atoms with Gasteiger partial charge in [0.25, 0.3) is 11.5 Å². The van der Waals surface area contributed by atoms with Gasteiger partial charge < -0.3 is 29.6 Å². The molecule has 0 radical (unpaired) electrons. The number of halogens is 5. The molecule has 272 valence electrons. The topological polar surface area (TPSA) is 150 Å². The Kier molecular flexibility index (Phi) is 12.2. The first-order chi connectivity index (χ1) is 23.5. The van der Waals surface area contributed by atoms with Crippen molar-refractivity contribution >= 4 is 23.6 Å². The molecule has 0 aliphatic carbocycles. The number of pyridine rings is 1. The number of amides is 3. The predicted octanol–water partition coefficient (Wildman–Crippen LogP) is 4.81. The maximum absolute atomic E-state index is 14.9. The number of anilines is 1. The lowest BCUT2D eigenvalue weighted by molar-refractivity contribution is -0.274. The van der Waals surface area contributed by atoms with Crippen LogP contribution >= 0.6 is 0 Å². The molecule has 1 atom stereocenters. The molecule has 0 spiro atoms. The molecule has 1 unspecified atom stereocenters. The standard InChI is InChI=1S/C32H38F5N7O6/c1-31(2,3)50-30(48)43-11-7-20(8-12-43)16-26(45)39-24-10-14-42(29(47)27(24)34)13-9-22(33)18-44-19-25(40-41-44)28(46)38-17-21-5-4-6-23(15-21)49-32(35,36)37/h4-6,10,14-15,19-20,22H,7-9,11-13,16-18H2,1-3H3,(H,38,46)(H,39,45). The maximum atomic E-state index is 14.9. The molecule has 1 aliphatic rings. The van der Waals surface area contributed by atoms with Gasteiger partial charge in [0.1, 0.15) is 17.5 Å². The second-order valence-electron chi connectivity index (χ2n) is 12.8. The van der Waals surface area contributed by atoms with E-state index in [2.05, 4.69) is 25.7 Å². The van der Waals surface area contributed by atoms with E-state index in [0.29, 0.717) is 31.5 Å². The van der Waals surface area contributed by atoms with Crippen molar-refractivity contribution in [3.63, 3.8) is 0 Å². The molecule has 4 rings (SSSR count). The SMILES string of the molecule is CC(C)(C)OC(=O)N1CCC(CC(=O)Nc2ccn(CCC(F)Cn3cc(C(=O)NCc4cccc(OC(F)(F)F)c4)nn3)c(=O)c2F)CC1. The largest absolute Gasteiger partial charge is 0.573 e. The van der Waals surface area contributed by atoms with Crippen LogP contribution < -0.4 is 20.9 Å². The highest BCUT2D eigenvalue weighted by atomic mass is 19.4. The van der Waals surface area contributed by atoms with E-state index in [0.717, 1.165) is 21.4 Å². The molecule has 3 amide bonds. The first-order valence-corrected chi connectivity index (χ1v) is 15.8. The Bertz CT molecular complexity index is 1710. The van der Waals surface area contributed by atoms with Gasteiger partial charge in [0.2, 0.25) is 11.7 Å². The molecule has 2 N–H and O–H groups in total. The summed E-state index contributed by atoms with van der Waals surface area (Å²) in [6, 6.07) is 6.26. The van der Waals surface area contributed by atoms with Crippen molar-refractivity contribution in [2.75, 3.05) is 18.4 Å². The van der Waals surface area contributed by atoms with Crippen LogP contribution in [0.1, 0.15) is 62.5 Å². The lowest BCUT2D eigenvalue weighted by Gasteiger charge is -2.33. The van der Waals surface area contributed by atoms with Crippen LogP contribution in [0.25, 0.3) is 0 Å². The second-order valence-corrected chi connectivity index (χ2v) is 12.8. The van der Waals surface area contributed by atoms with Gasteiger partial charge in [-0.05, 0) is 69.7 Å². The first kappa shape index (κ1) is 37.8. The summed E-state index contributed by atoms with van der Waals surface area (Å²) < 4.78 is 78.3. The number of ether oxygens (including phenoxy) is 2. The summed E-state index contributed by atoms with van der Waals surface area (Å²) in [7, 11) is 0. The van der Waals surface area contributed by atoms with E-state index in [1.165, 1.54) is 30.6 Å². The number of nitrogens with one attached hydrogen (secondary N) is 2. The Morgan fingerprint density at radius 3 is 2.50 bits per heavy atom. The summed E-state index contributed by atoms with van der Waals surface area (Å²) in [6.45, 7) is 5.51. The van der Waals surface area contributed by atoms with Crippen molar-refractivity contribution in [3.8, 4) is 5.75 Å². The summed E-state index contributed by atoms with van der Waals surface area (Å²) in [5, 5.41) is 12.3. The average molecular weight is 712 g/mol. The van der Waals surface area contributed by atoms with Crippen LogP contribution in [-0.2, 0) is 29.2 Å². The van der Waals surface area contributed by atoms with Crippen LogP contribution in [0.3, 0.4) is 0 Å². The number of aryl methyl sites for hydroxylation is 1. The molecule has 18 heteroatoms. The molecule has 1 aromatic carbocycles. The molecular formula is C32H38F5N7O6. The highest BCUT2D eigenvalue weighted by Gasteiger charge is 2.31. The fraction of sp³-hybridized carbons (Fsp3) is 0.500. The van der Waals surface area contributed by atoms with E-state index >= 15 is 0 Å². The molecular weight excluding hydrogens is 673 g/mol. The van der Waals surface area contributed by atoms with Crippen LogP contribution in [0, 0.1) is 11.7 Å². The zero-order valence-electron chi connectivity index (χ0n) is 27.6. The zero-order chi connectivity index (χ0) is 36.6. The van der Waals surface area contributed by atoms with E-state index in [-0.39, 0.29) is 49.8 Å². The number of hydrogen-bond donors (Lipinski definition) is 2. The van der Waals surface area contributed by atoms with Gasteiger partial charge in [0, 0.05) is 38.8 Å².